The zero-order valence-corrected chi connectivity index (χ0v) is 10.4. The molecule has 1 aromatic heterocycles. The molecule has 0 saturated carbocycles. The Morgan fingerprint density at radius 1 is 1.05 bits per heavy atom. The third-order valence-corrected chi connectivity index (χ3v) is 3.18. The Morgan fingerprint density at radius 2 is 1.75 bits per heavy atom. The fourth-order valence-electron chi connectivity index (χ4n) is 2.20. The lowest BCUT2D eigenvalue weighted by Gasteiger charge is -2.03. The first-order valence-corrected chi connectivity index (χ1v) is 6.06. The van der Waals surface area contributed by atoms with Crippen LogP contribution in [0.3, 0.4) is 0 Å². The summed E-state index contributed by atoms with van der Waals surface area (Å²) in [6.07, 6.45) is 2.22. The van der Waals surface area contributed by atoms with Crippen LogP contribution in [0.4, 0.5) is 4.39 Å². The number of nitrogens with zero attached hydrogens (tertiary/aromatic N) is 1. The van der Waals surface area contributed by atoms with Crippen molar-refractivity contribution in [2.24, 2.45) is 0 Å². The molecule has 20 heavy (non-hydrogen) atoms. The minimum atomic E-state index is -0.396. The molecule has 3 aromatic rings. The second-order valence-corrected chi connectivity index (χ2v) is 4.40. The van der Waals surface area contributed by atoms with Gasteiger partial charge in [0.1, 0.15) is 5.82 Å². The van der Waals surface area contributed by atoms with E-state index in [1.54, 1.807) is 18.2 Å². The Bertz CT molecular complexity index is 803. The summed E-state index contributed by atoms with van der Waals surface area (Å²) in [5.74, 6) is -0.693. The highest BCUT2D eigenvalue weighted by molar-refractivity contribution is 6.06. The van der Waals surface area contributed by atoms with Crippen LogP contribution >= 0.6 is 0 Å². The van der Waals surface area contributed by atoms with E-state index >= 15 is 0 Å². The van der Waals surface area contributed by atoms with Gasteiger partial charge in [0.15, 0.2) is 6.29 Å². The molecule has 2 aromatic carbocycles. The van der Waals surface area contributed by atoms with Gasteiger partial charge in [-0.05, 0) is 30.3 Å². The predicted molar refractivity (Wildman–Crippen MR) is 73.5 cm³/mol. The molecule has 0 bridgehead atoms. The predicted octanol–water partition coefficient (Wildman–Crippen LogP) is 3.28. The van der Waals surface area contributed by atoms with Gasteiger partial charge in [-0.25, -0.2) is 4.39 Å². The molecule has 0 aliphatic heterocycles. The lowest BCUT2D eigenvalue weighted by atomic mass is 10.2. The van der Waals surface area contributed by atoms with Crippen LogP contribution in [0.25, 0.3) is 10.9 Å². The number of aldehydes is 1. The average Bonchev–Trinajstić information content (AvgIpc) is 2.86. The molecule has 0 spiro atoms. The number of benzene rings is 2. The maximum absolute atomic E-state index is 12.9. The van der Waals surface area contributed by atoms with Gasteiger partial charge in [-0.2, -0.15) is 0 Å². The molecular weight excluding hydrogens is 257 g/mol. The molecule has 3 rings (SSSR count). The Morgan fingerprint density at radius 3 is 2.45 bits per heavy atom. The lowest BCUT2D eigenvalue weighted by Crippen LogP contribution is -2.10. The van der Waals surface area contributed by atoms with Gasteiger partial charge in [0.25, 0.3) is 5.91 Å². The first-order valence-electron chi connectivity index (χ1n) is 6.06. The molecule has 0 amide bonds. The van der Waals surface area contributed by atoms with Crippen molar-refractivity contribution in [2.45, 2.75) is 0 Å². The number of hydrogen-bond acceptors (Lipinski definition) is 2. The lowest BCUT2D eigenvalue weighted by molar-refractivity contribution is 0.0965. The first-order chi connectivity index (χ1) is 9.70. The molecule has 0 radical (unpaired) electrons. The molecule has 4 heteroatoms. The summed E-state index contributed by atoms with van der Waals surface area (Å²) in [7, 11) is 0. The highest BCUT2D eigenvalue weighted by Crippen LogP contribution is 2.21. The summed E-state index contributed by atoms with van der Waals surface area (Å²) in [6, 6.07) is 12.5. The zero-order chi connectivity index (χ0) is 14.1. The highest BCUT2D eigenvalue weighted by Gasteiger charge is 2.14. The van der Waals surface area contributed by atoms with Crippen molar-refractivity contribution >= 4 is 23.1 Å². The van der Waals surface area contributed by atoms with Crippen molar-refractivity contribution in [3.63, 3.8) is 0 Å². The first kappa shape index (κ1) is 12.3. The average molecular weight is 267 g/mol. The second-order valence-electron chi connectivity index (χ2n) is 4.40. The highest BCUT2D eigenvalue weighted by atomic mass is 19.1. The van der Waals surface area contributed by atoms with E-state index in [0.717, 1.165) is 11.7 Å². The van der Waals surface area contributed by atoms with Gasteiger partial charge in [-0.15, -0.1) is 0 Å². The maximum atomic E-state index is 12.9. The van der Waals surface area contributed by atoms with Crippen LogP contribution in [0.1, 0.15) is 20.7 Å². The van der Waals surface area contributed by atoms with E-state index in [4.69, 9.17) is 0 Å². The molecule has 1 heterocycles. The fraction of sp³-hybridized carbons (Fsp3) is 0. The summed E-state index contributed by atoms with van der Waals surface area (Å²) >= 11 is 0. The SMILES string of the molecule is O=Cc1cn(C(=O)c2ccc(F)cc2)c2ccccc12. The summed E-state index contributed by atoms with van der Waals surface area (Å²) in [5, 5.41) is 0.720. The maximum Gasteiger partial charge on any atom is 0.262 e. The Kier molecular flexibility index (Phi) is 2.91. The molecule has 0 fully saturated rings. The number of aromatic nitrogens is 1. The van der Waals surface area contributed by atoms with Gasteiger partial charge in [0.05, 0.1) is 5.52 Å². The van der Waals surface area contributed by atoms with E-state index in [9.17, 15) is 14.0 Å². The number of fused-ring (bicyclic) bond motifs is 1. The normalized spacial score (nSPS) is 10.7. The summed E-state index contributed by atoms with van der Waals surface area (Å²) in [4.78, 5) is 23.5. The Hall–Kier alpha value is -2.75. The monoisotopic (exact) mass is 267 g/mol. The van der Waals surface area contributed by atoms with Crippen LogP contribution in [0, 0.1) is 5.82 Å². The number of carbonyl (C=O) groups is 2. The van der Waals surface area contributed by atoms with Crippen molar-refractivity contribution < 1.29 is 14.0 Å². The molecule has 98 valence electrons. The molecule has 0 N–H and O–H groups in total. The Labute approximate surface area is 114 Å². The van der Waals surface area contributed by atoms with Gasteiger partial charge in [0.2, 0.25) is 0 Å². The molecule has 0 atom stereocenters. The van der Waals surface area contributed by atoms with Crippen LogP contribution in [0.15, 0.2) is 54.7 Å². The van der Waals surface area contributed by atoms with E-state index in [1.165, 1.54) is 35.0 Å². The van der Waals surface area contributed by atoms with Crippen molar-refractivity contribution in [2.75, 3.05) is 0 Å². The molecular formula is C16H10FNO2. The molecule has 3 nitrogen and oxygen atoms in total. The minimum absolute atomic E-state index is 0.297. The van der Waals surface area contributed by atoms with Crippen molar-refractivity contribution in [3.8, 4) is 0 Å². The van der Waals surface area contributed by atoms with Gasteiger partial charge >= 0.3 is 0 Å². The molecule has 0 aliphatic rings. The fourth-order valence-corrected chi connectivity index (χ4v) is 2.20. The van der Waals surface area contributed by atoms with Gasteiger partial charge in [0, 0.05) is 22.7 Å². The topological polar surface area (TPSA) is 39.1 Å². The van der Waals surface area contributed by atoms with Crippen LogP contribution in [0.2, 0.25) is 0 Å². The van der Waals surface area contributed by atoms with Crippen molar-refractivity contribution in [1.82, 2.24) is 4.57 Å². The number of halogens is 1. The van der Waals surface area contributed by atoms with E-state index in [-0.39, 0.29) is 5.91 Å². The largest absolute Gasteiger partial charge is 0.298 e. The van der Waals surface area contributed by atoms with Crippen molar-refractivity contribution in [1.29, 1.82) is 0 Å². The van der Waals surface area contributed by atoms with E-state index in [1.807, 2.05) is 6.07 Å². The van der Waals surface area contributed by atoms with Crippen LogP contribution in [-0.4, -0.2) is 16.8 Å². The minimum Gasteiger partial charge on any atom is -0.298 e. The third kappa shape index (κ3) is 1.91. The number of para-hydroxylation sites is 1. The molecule has 0 unspecified atom stereocenters. The number of hydrogen-bond donors (Lipinski definition) is 0. The van der Waals surface area contributed by atoms with Crippen LogP contribution in [0.5, 0.6) is 0 Å². The zero-order valence-electron chi connectivity index (χ0n) is 10.4. The second kappa shape index (κ2) is 4.74. The number of carbonyl (C=O) groups excluding carboxylic acids is 2. The van der Waals surface area contributed by atoms with Gasteiger partial charge in [-0.3, -0.25) is 14.2 Å². The van der Waals surface area contributed by atoms with E-state index < -0.39 is 5.82 Å². The summed E-state index contributed by atoms with van der Waals surface area (Å²) < 4.78 is 14.3. The number of rotatable bonds is 2. The Balaban J connectivity index is 2.17. The van der Waals surface area contributed by atoms with Crippen molar-refractivity contribution in [3.05, 3.63) is 71.7 Å². The third-order valence-electron chi connectivity index (χ3n) is 3.18. The van der Waals surface area contributed by atoms with Gasteiger partial charge in [-0.1, -0.05) is 18.2 Å². The summed E-state index contributed by atoms with van der Waals surface area (Å²) in [6.45, 7) is 0. The standard InChI is InChI=1S/C16H10FNO2/c17-13-7-5-11(6-8-13)16(20)18-9-12(10-19)14-3-1-2-4-15(14)18/h1-10H. The quantitative estimate of drug-likeness (QED) is 0.668. The van der Waals surface area contributed by atoms with Crippen LogP contribution in [-0.2, 0) is 0 Å². The van der Waals surface area contributed by atoms with Gasteiger partial charge < -0.3 is 0 Å². The van der Waals surface area contributed by atoms with E-state index in [2.05, 4.69) is 0 Å². The molecule has 0 saturated heterocycles. The molecule has 0 aliphatic carbocycles. The van der Waals surface area contributed by atoms with E-state index in [0.29, 0.717) is 16.6 Å². The smallest absolute Gasteiger partial charge is 0.262 e. The summed E-state index contributed by atoms with van der Waals surface area (Å²) in [5.41, 5.74) is 1.48. The van der Waals surface area contributed by atoms with Crippen LogP contribution < -0.4 is 0 Å².